The number of pyridine rings is 1. The molecule has 28 heavy (non-hydrogen) atoms. The number of anilines is 1. The fourth-order valence-electron chi connectivity index (χ4n) is 2.39. The van der Waals surface area contributed by atoms with Crippen LogP contribution < -0.4 is 10.6 Å². The molecule has 0 aliphatic rings. The van der Waals surface area contributed by atoms with E-state index in [1.54, 1.807) is 32.3 Å². The van der Waals surface area contributed by atoms with Crippen molar-refractivity contribution < 1.29 is 22.5 Å². The molecule has 2 N–H and O–H groups in total. The number of nitrogens with zero attached hydrogens (tertiary/aromatic N) is 5. The molecule has 3 aromatic heterocycles. The molecule has 0 fully saturated rings. The van der Waals surface area contributed by atoms with Crippen LogP contribution in [0.2, 0.25) is 0 Å². The first-order chi connectivity index (χ1) is 13.2. The molecule has 1 amide bonds. The number of aromatic nitrogens is 5. The lowest BCUT2D eigenvalue weighted by Crippen LogP contribution is -2.28. The van der Waals surface area contributed by atoms with Gasteiger partial charge in [0, 0.05) is 31.9 Å². The van der Waals surface area contributed by atoms with Crippen LogP contribution in [0.4, 0.5) is 19.0 Å². The number of amides is 1. The quantitative estimate of drug-likeness (QED) is 0.682. The highest BCUT2D eigenvalue weighted by molar-refractivity contribution is 5.92. The first-order valence-corrected chi connectivity index (χ1v) is 8.09. The minimum absolute atomic E-state index is 0.101. The van der Waals surface area contributed by atoms with Crippen LogP contribution in [-0.4, -0.2) is 37.9 Å². The summed E-state index contributed by atoms with van der Waals surface area (Å²) in [5, 5.41) is 12.6. The molecule has 1 atom stereocenters. The Kier molecular flexibility index (Phi) is 5.03. The normalized spacial score (nSPS) is 12.6. The Morgan fingerprint density at radius 3 is 2.71 bits per heavy atom. The number of halogens is 3. The number of carbonyl (C=O) groups is 1. The van der Waals surface area contributed by atoms with Crippen molar-refractivity contribution in [2.75, 3.05) is 12.4 Å². The maximum absolute atomic E-state index is 12.7. The second-order valence-corrected chi connectivity index (χ2v) is 5.87. The highest BCUT2D eigenvalue weighted by Crippen LogP contribution is 2.28. The van der Waals surface area contributed by atoms with Crippen LogP contribution in [0.15, 0.2) is 28.9 Å². The summed E-state index contributed by atoms with van der Waals surface area (Å²) in [4.78, 5) is 20.6. The maximum atomic E-state index is 12.7. The van der Waals surface area contributed by atoms with E-state index in [1.807, 2.05) is 0 Å². The highest BCUT2D eigenvalue weighted by atomic mass is 19.4. The molecule has 0 aliphatic carbocycles. The molecular formula is C16H16F3N7O2. The zero-order chi connectivity index (χ0) is 20.5. The second-order valence-electron chi connectivity index (χ2n) is 5.87. The van der Waals surface area contributed by atoms with Crippen molar-refractivity contribution in [2.45, 2.75) is 19.1 Å². The molecule has 0 aliphatic heterocycles. The third-order valence-electron chi connectivity index (χ3n) is 3.84. The van der Waals surface area contributed by atoms with Gasteiger partial charge in [-0.1, -0.05) is 5.16 Å². The van der Waals surface area contributed by atoms with Gasteiger partial charge in [-0.2, -0.15) is 23.3 Å². The van der Waals surface area contributed by atoms with Crippen LogP contribution in [0.1, 0.15) is 35.0 Å². The monoisotopic (exact) mass is 395 g/mol. The summed E-state index contributed by atoms with van der Waals surface area (Å²) in [6, 6.07) is 3.35. The van der Waals surface area contributed by atoms with E-state index in [1.165, 1.54) is 7.05 Å². The zero-order valence-corrected chi connectivity index (χ0v) is 15.1. The predicted octanol–water partition coefficient (Wildman–Crippen LogP) is 2.42. The summed E-state index contributed by atoms with van der Waals surface area (Å²) in [7, 11) is 2.97. The van der Waals surface area contributed by atoms with Crippen LogP contribution in [0.25, 0.3) is 11.4 Å². The number of hydrogen-bond donors (Lipinski definition) is 2. The molecule has 12 heteroatoms. The van der Waals surface area contributed by atoms with Crippen molar-refractivity contribution >= 4 is 11.7 Å². The number of hydrogen-bond acceptors (Lipinski definition) is 7. The van der Waals surface area contributed by atoms with E-state index < -0.39 is 23.8 Å². The van der Waals surface area contributed by atoms with Crippen LogP contribution in [-0.2, 0) is 13.2 Å². The number of carbonyl (C=O) groups excluding carboxylic acids is 1. The van der Waals surface area contributed by atoms with E-state index in [2.05, 4.69) is 30.9 Å². The Morgan fingerprint density at radius 1 is 1.32 bits per heavy atom. The van der Waals surface area contributed by atoms with E-state index in [-0.39, 0.29) is 17.4 Å². The Labute approximate surface area is 157 Å². The Bertz CT molecular complexity index is 996. The van der Waals surface area contributed by atoms with Crippen molar-refractivity contribution in [3.05, 3.63) is 41.7 Å². The van der Waals surface area contributed by atoms with Crippen molar-refractivity contribution in [1.29, 1.82) is 0 Å². The lowest BCUT2D eigenvalue weighted by Gasteiger charge is -2.09. The minimum atomic E-state index is -4.64. The van der Waals surface area contributed by atoms with Gasteiger partial charge in [0.1, 0.15) is 17.6 Å². The first-order valence-electron chi connectivity index (χ1n) is 8.09. The Hall–Kier alpha value is -3.44. The van der Waals surface area contributed by atoms with Gasteiger partial charge in [-0.15, -0.1) is 0 Å². The first kappa shape index (κ1) is 19.3. The summed E-state index contributed by atoms with van der Waals surface area (Å²) in [5.74, 6) is 0.250. The molecule has 0 bridgehead atoms. The largest absolute Gasteiger partial charge is 0.435 e. The molecule has 9 nitrogen and oxygen atoms in total. The second kappa shape index (κ2) is 7.29. The molecule has 0 saturated carbocycles. The minimum Gasteiger partial charge on any atom is -0.373 e. The van der Waals surface area contributed by atoms with Gasteiger partial charge in [0.15, 0.2) is 5.69 Å². The molecule has 3 aromatic rings. The number of aryl methyl sites for hydroxylation is 1. The standard InChI is InChI=1S/C16H16F3N7O2/c1-8(22-14(27)10-7-11(16(17,18)19)24-26(10)3)15-23-13(25-28-15)9-4-5-21-12(6-9)20-2/h4-8H,1-3H3,(H,20,21)(H,22,27)/t8-/m0/s1. The highest BCUT2D eigenvalue weighted by Gasteiger charge is 2.35. The topological polar surface area (TPSA) is 111 Å². The Morgan fingerprint density at radius 2 is 2.07 bits per heavy atom. The van der Waals surface area contributed by atoms with Crippen LogP contribution in [0.5, 0.6) is 0 Å². The molecule has 0 saturated heterocycles. The number of rotatable bonds is 5. The van der Waals surface area contributed by atoms with Crippen LogP contribution in [0, 0.1) is 0 Å². The summed E-state index contributed by atoms with van der Waals surface area (Å²) in [6.07, 6.45) is -3.07. The van der Waals surface area contributed by atoms with E-state index >= 15 is 0 Å². The van der Waals surface area contributed by atoms with Crippen molar-refractivity contribution in [2.24, 2.45) is 7.05 Å². The van der Waals surface area contributed by atoms with Gasteiger partial charge in [-0.25, -0.2) is 4.98 Å². The van der Waals surface area contributed by atoms with Gasteiger partial charge in [0.05, 0.1) is 0 Å². The number of alkyl halides is 3. The van der Waals surface area contributed by atoms with Crippen LogP contribution in [0.3, 0.4) is 0 Å². The summed E-state index contributed by atoms with van der Waals surface area (Å²) in [6.45, 7) is 1.57. The molecular weight excluding hydrogens is 379 g/mol. The molecule has 0 radical (unpaired) electrons. The van der Waals surface area contributed by atoms with Gasteiger partial charge in [-0.05, 0) is 19.1 Å². The lowest BCUT2D eigenvalue weighted by molar-refractivity contribution is -0.141. The van der Waals surface area contributed by atoms with E-state index in [0.717, 1.165) is 4.68 Å². The van der Waals surface area contributed by atoms with Gasteiger partial charge < -0.3 is 15.2 Å². The molecule has 0 spiro atoms. The predicted molar refractivity (Wildman–Crippen MR) is 91.2 cm³/mol. The summed E-state index contributed by atoms with van der Waals surface area (Å²) >= 11 is 0. The lowest BCUT2D eigenvalue weighted by atomic mass is 10.2. The van der Waals surface area contributed by atoms with Gasteiger partial charge in [0.2, 0.25) is 11.7 Å². The summed E-state index contributed by atoms with van der Waals surface area (Å²) < 4.78 is 44.2. The summed E-state index contributed by atoms with van der Waals surface area (Å²) in [5.41, 5.74) is -0.744. The third-order valence-corrected chi connectivity index (χ3v) is 3.84. The van der Waals surface area contributed by atoms with Gasteiger partial charge >= 0.3 is 6.18 Å². The fourth-order valence-corrected chi connectivity index (χ4v) is 2.39. The smallest absolute Gasteiger partial charge is 0.373 e. The van der Waals surface area contributed by atoms with E-state index in [9.17, 15) is 18.0 Å². The molecule has 3 rings (SSSR count). The van der Waals surface area contributed by atoms with Gasteiger partial charge in [-0.3, -0.25) is 9.48 Å². The average Bonchev–Trinajstić information content (AvgIpc) is 3.28. The molecule has 0 aromatic carbocycles. The molecule has 148 valence electrons. The third kappa shape index (κ3) is 3.94. The zero-order valence-electron chi connectivity index (χ0n) is 15.1. The maximum Gasteiger partial charge on any atom is 0.435 e. The molecule has 3 heterocycles. The van der Waals surface area contributed by atoms with E-state index in [4.69, 9.17) is 4.52 Å². The fraction of sp³-hybridized carbons (Fsp3) is 0.312. The van der Waals surface area contributed by atoms with Crippen LogP contribution >= 0.6 is 0 Å². The SMILES string of the molecule is CNc1cc(-c2noc([C@H](C)NC(=O)c3cc(C(F)(F)F)nn3C)n2)ccn1. The van der Waals surface area contributed by atoms with Crippen molar-refractivity contribution in [3.8, 4) is 11.4 Å². The van der Waals surface area contributed by atoms with E-state index in [0.29, 0.717) is 17.4 Å². The Balaban J connectivity index is 1.75. The van der Waals surface area contributed by atoms with Gasteiger partial charge in [0.25, 0.3) is 5.91 Å². The average molecular weight is 395 g/mol. The number of nitrogens with one attached hydrogen (secondary N) is 2. The molecule has 0 unspecified atom stereocenters. The van der Waals surface area contributed by atoms with Crippen molar-refractivity contribution in [1.82, 2.24) is 30.2 Å². The van der Waals surface area contributed by atoms with Crippen molar-refractivity contribution in [3.63, 3.8) is 0 Å².